The van der Waals surface area contributed by atoms with Crippen molar-refractivity contribution in [3.05, 3.63) is 0 Å². The first-order valence-corrected chi connectivity index (χ1v) is 5.86. The molecule has 0 rings (SSSR count). The predicted molar refractivity (Wildman–Crippen MR) is 66.4 cm³/mol. The fraction of sp³-hybridized carbons (Fsp3) is 0.667. The Labute approximate surface area is 116 Å². The molecule has 0 saturated heterocycles. The number of carbonyl (C=O) groups is 4. The number of ether oxygens (including phenoxy) is 3. The molecule has 1 amide bonds. The first-order valence-electron chi connectivity index (χ1n) is 5.86. The molecule has 0 aliphatic rings. The average Bonchev–Trinajstić information content (AvgIpc) is 2.30. The van der Waals surface area contributed by atoms with Gasteiger partial charge in [0.2, 0.25) is 5.91 Å². The van der Waals surface area contributed by atoms with Gasteiger partial charge in [0.05, 0.1) is 0 Å². The Morgan fingerprint density at radius 2 is 1.05 bits per heavy atom. The van der Waals surface area contributed by atoms with Crippen LogP contribution in [0, 0.1) is 0 Å². The summed E-state index contributed by atoms with van der Waals surface area (Å²) in [6, 6.07) is 0. The largest absolute Gasteiger partial charge is 0.463 e. The smallest absolute Gasteiger partial charge is 0.302 e. The lowest BCUT2D eigenvalue weighted by atomic mass is 10.0. The summed E-state index contributed by atoms with van der Waals surface area (Å²) in [5, 5.41) is 2.49. The Balaban J connectivity index is 5.02. The third-order valence-electron chi connectivity index (χ3n) is 2.10. The number of amides is 1. The Morgan fingerprint density at radius 3 is 1.25 bits per heavy atom. The van der Waals surface area contributed by atoms with Gasteiger partial charge in [-0.3, -0.25) is 19.2 Å². The Kier molecular flexibility index (Phi) is 7.27. The molecular formula is C12H19NO7. The van der Waals surface area contributed by atoms with Crippen molar-refractivity contribution in [2.45, 2.75) is 33.2 Å². The van der Waals surface area contributed by atoms with E-state index in [0.717, 1.165) is 0 Å². The molecular weight excluding hydrogens is 270 g/mol. The van der Waals surface area contributed by atoms with E-state index in [4.69, 9.17) is 14.2 Å². The van der Waals surface area contributed by atoms with Crippen LogP contribution in [0.15, 0.2) is 0 Å². The van der Waals surface area contributed by atoms with Crippen molar-refractivity contribution in [2.75, 3.05) is 19.8 Å². The van der Waals surface area contributed by atoms with Crippen LogP contribution in [0.1, 0.15) is 27.7 Å². The van der Waals surface area contributed by atoms with Crippen LogP contribution >= 0.6 is 0 Å². The Morgan fingerprint density at radius 1 is 0.750 bits per heavy atom. The van der Waals surface area contributed by atoms with Crippen LogP contribution in [-0.4, -0.2) is 49.2 Å². The fourth-order valence-corrected chi connectivity index (χ4v) is 1.33. The molecule has 20 heavy (non-hydrogen) atoms. The molecule has 0 aromatic carbocycles. The van der Waals surface area contributed by atoms with Gasteiger partial charge in [0, 0.05) is 27.7 Å². The number of nitrogens with one attached hydrogen (secondary N) is 1. The van der Waals surface area contributed by atoms with Crippen molar-refractivity contribution >= 4 is 23.8 Å². The van der Waals surface area contributed by atoms with Crippen molar-refractivity contribution in [3.63, 3.8) is 0 Å². The van der Waals surface area contributed by atoms with E-state index in [-0.39, 0.29) is 19.8 Å². The van der Waals surface area contributed by atoms with Crippen LogP contribution < -0.4 is 5.32 Å². The lowest BCUT2D eigenvalue weighted by Gasteiger charge is -2.32. The van der Waals surface area contributed by atoms with Gasteiger partial charge < -0.3 is 19.5 Å². The number of carbonyl (C=O) groups excluding carboxylic acids is 4. The number of hydrogen-bond donors (Lipinski definition) is 1. The van der Waals surface area contributed by atoms with Gasteiger partial charge in [-0.15, -0.1) is 0 Å². The topological polar surface area (TPSA) is 108 Å². The highest BCUT2D eigenvalue weighted by Gasteiger charge is 2.36. The maximum Gasteiger partial charge on any atom is 0.302 e. The number of rotatable bonds is 7. The van der Waals surface area contributed by atoms with Gasteiger partial charge in [-0.25, -0.2) is 0 Å². The van der Waals surface area contributed by atoms with Crippen LogP contribution in [0.2, 0.25) is 0 Å². The lowest BCUT2D eigenvalue weighted by molar-refractivity contribution is -0.156. The average molecular weight is 289 g/mol. The summed E-state index contributed by atoms with van der Waals surface area (Å²) in [6.07, 6.45) is 0. The monoisotopic (exact) mass is 289 g/mol. The minimum atomic E-state index is -1.31. The molecule has 0 aliphatic carbocycles. The molecule has 0 spiro atoms. The van der Waals surface area contributed by atoms with Crippen LogP contribution in [0.5, 0.6) is 0 Å². The molecule has 0 radical (unpaired) electrons. The lowest BCUT2D eigenvalue weighted by Crippen LogP contribution is -2.58. The van der Waals surface area contributed by atoms with Gasteiger partial charge >= 0.3 is 17.9 Å². The normalized spacial score (nSPS) is 10.4. The molecule has 0 bridgehead atoms. The second kappa shape index (κ2) is 8.13. The van der Waals surface area contributed by atoms with E-state index in [1.165, 1.54) is 27.7 Å². The van der Waals surface area contributed by atoms with Gasteiger partial charge in [-0.05, 0) is 0 Å². The molecule has 8 nitrogen and oxygen atoms in total. The second-order valence-corrected chi connectivity index (χ2v) is 4.30. The van der Waals surface area contributed by atoms with Crippen LogP contribution in [0.4, 0.5) is 0 Å². The molecule has 0 aliphatic heterocycles. The number of esters is 3. The SMILES string of the molecule is CC(=O)NC(COC(C)=O)(COC(C)=O)COC(C)=O. The summed E-state index contributed by atoms with van der Waals surface area (Å²) >= 11 is 0. The zero-order chi connectivity index (χ0) is 15.8. The van der Waals surface area contributed by atoms with Crippen molar-refractivity contribution < 1.29 is 33.4 Å². The minimum absolute atomic E-state index is 0.289. The third kappa shape index (κ3) is 8.06. The summed E-state index contributed by atoms with van der Waals surface area (Å²) in [5.41, 5.74) is -1.31. The van der Waals surface area contributed by atoms with Gasteiger partial charge in [0.25, 0.3) is 0 Å². The zero-order valence-corrected chi connectivity index (χ0v) is 12.0. The molecule has 0 aromatic rings. The van der Waals surface area contributed by atoms with E-state index in [1.807, 2.05) is 0 Å². The summed E-state index contributed by atoms with van der Waals surface area (Å²) in [6.45, 7) is 3.94. The molecule has 0 saturated carbocycles. The minimum Gasteiger partial charge on any atom is -0.463 e. The fourth-order valence-electron chi connectivity index (χ4n) is 1.33. The quantitative estimate of drug-likeness (QED) is 0.499. The Bertz CT molecular complexity index is 346. The maximum atomic E-state index is 11.3. The summed E-state index contributed by atoms with van der Waals surface area (Å²) in [7, 11) is 0. The summed E-state index contributed by atoms with van der Waals surface area (Å²) in [5.74, 6) is -2.18. The maximum absolute atomic E-state index is 11.3. The zero-order valence-electron chi connectivity index (χ0n) is 12.0. The predicted octanol–water partition coefficient (Wildman–Crippen LogP) is -0.449. The highest BCUT2D eigenvalue weighted by molar-refractivity contribution is 5.74. The molecule has 1 N–H and O–H groups in total. The van der Waals surface area contributed by atoms with Gasteiger partial charge in [0.1, 0.15) is 25.4 Å². The highest BCUT2D eigenvalue weighted by Crippen LogP contribution is 2.09. The summed E-state index contributed by atoms with van der Waals surface area (Å²) in [4.78, 5) is 44.0. The molecule has 0 aromatic heterocycles. The molecule has 0 fully saturated rings. The van der Waals surface area contributed by atoms with E-state index in [9.17, 15) is 19.2 Å². The number of hydrogen-bond acceptors (Lipinski definition) is 7. The first-order chi connectivity index (χ1) is 9.17. The van der Waals surface area contributed by atoms with Crippen molar-refractivity contribution in [1.29, 1.82) is 0 Å². The molecule has 0 atom stereocenters. The standard InChI is InChI=1S/C12H19NO7/c1-8(14)13-12(5-18-9(2)15,6-19-10(3)16)7-20-11(4)17/h5-7H2,1-4H3,(H,13,14). The molecule has 114 valence electrons. The highest BCUT2D eigenvalue weighted by atomic mass is 16.6. The van der Waals surface area contributed by atoms with Crippen molar-refractivity contribution in [1.82, 2.24) is 5.32 Å². The van der Waals surface area contributed by atoms with Gasteiger partial charge in [-0.2, -0.15) is 0 Å². The molecule has 0 unspecified atom stereocenters. The third-order valence-corrected chi connectivity index (χ3v) is 2.10. The molecule has 0 heterocycles. The van der Waals surface area contributed by atoms with E-state index >= 15 is 0 Å². The molecule has 8 heteroatoms. The van der Waals surface area contributed by atoms with Crippen LogP contribution in [-0.2, 0) is 33.4 Å². The van der Waals surface area contributed by atoms with E-state index in [1.54, 1.807) is 0 Å². The van der Waals surface area contributed by atoms with E-state index in [2.05, 4.69) is 5.32 Å². The first kappa shape index (κ1) is 17.9. The van der Waals surface area contributed by atoms with Crippen LogP contribution in [0.3, 0.4) is 0 Å². The van der Waals surface area contributed by atoms with Crippen LogP contribution in [0.25, 0.3) is 0 Å². The van der Waals surface area contributed by atoms with Crippen molar-refractivity contribution in [3.8, 4) is 0 Å². The van der Waals surface area contributed by atoms with Gasteiger partial charge in [-0.1, -0.05) is 0 Å². The van der Waals surface area contributed by atoms with E-state index in [0.29, 0.717) is 0 Å². The van der Waals surface area contributed by atoms with Crippen molar-refractivity contribution in [2.24, 2.45) is 0 Å². The Hall–Kier alpha value is -2.12. The second-order valence-electron chi connectivity index (χ2n) is 4.30. The summed E-state index contributed by atoms with van der Waals surface area (Å²) < 4.78 is 14.5. The van der Waals surface area contributed by atoms with Gasteiger partial charge in [0.15, 0.2) is 0 Å². The van der Waals surface area contributed by atoms with E-state index < -0.39 is 29.4 Å².